The highest BCUT2D eigenvalue weighted by molar-refractivity contribution is 5.61. The first kappa shape index (κ1) is 13.2. The number of para-hydroxylation sites is 1. The number of benzene rings is 2. The van der Waals surface area contributed by atoms with Crippen molar-refractivity contribution in [2.24, 2.45) is 0 Å². The van der Waals surface area contributed by atoms with Crippen LogP contribution in [0.3, 0.4) is 0 Å². The molecule has 1 aliphatic heterocycles. The molecule has 0 radical (unpaired) electrons. The van der Waals surface area contributed by atoms with Crippen LogP contribution >= 0.6 is 0 Å². The second-order valence-corrected chi connectivity index (χ2v) is 5.64. The van der Waals surface area contributed by atoms with Gasteiger partial charge in [0, 0.05) is 24.8 Å². The number of anilines is 1. The minimum Gasteiger partial charge on any atom is -0.384 e. The summed E-state index contributed by atoms with van der Waals surface area (Å²) in [6, 6.07) is 15.7. The molecule has 0 spiro atoms. The molecule has 2 N–H and O–H groups in total. The molecule has 0 saturated heterocycles. The van der Waals surface area contributed by atoms with Crippen LogP contribution in [0.4, 0.5) is 5.69 Å². The van der Waals surface area contributed by atoms with Crippen molar-refractivity contribution in [1.82, 2.24) is 5.32 Å². The van der Waals surface area contributed by atoms with Crippen LogP contribution in [0.15, 0.2) is 42.5 Å². The van der Waals surface area contributed by atoms with E-state index >= 15 is 0 Å². The van der Waals surface area contributed by atoms with Crippen molar-refractivity contribution in [3.05, 3.63) is 64.7 Å². The Morgan fingerprint density at radius 1 is 1.15 bits per heavy atom. The van der Waals surface area contributed by atoms with Crippen molar-refractivity contribution in [2.75, 3.05) is 11.9 Å². The predicted molar refractivity (Wildman–Crippen MR) is 85.1 cm³/mol. The molecule has 0 fully saturated rings. The Hall–Kier alpha value is -1.80. The molecule has 1 aliphatic rings. The Bertz CT molecular complexity index is 587. The normalized spacial score (nSPS) is 14.7. The first-order chi connectivity index (χ1) is 9.74. The first-order valence-corrected chi connectivity index (χ1v) is 7.38. The second-order valence-electron chi connectivity index (χ2n) is 5.64. The number of rotatable bonds is 4. The van der Waals surface area contributed by atoms with E-state index in [9.17, 15) is 0 Å². The van der Waals surface area contributed by atoms with E-state index in [-0.39, 0.29) is 0 Å². The average molecular weight is 266 g/mol. The van der Waals surface area contributed by atoms with Crippen LogP contribution in [0.5, 0.6) is 0 Å². The van der Waals surface area contributed by atoms with Gasteiger partial charge in [0.1, 0.15) is 0 Å². The maximum absolute atomic E-state index is 3.62. The van der Waals surface area contributed by atoms with Crippen LogP contribution in [-0.4, -0.2) is 6.54 Å². The summed E-state index contributed by atoms with van der Waals surface area (Å²) in [5.74, 6) is 0. The molecule has 20 heavy (non-hydrogen) atoms. The second kappa shape index (κ2) is 5.68. The van der Waals surface area contributed by atoms with Crippen molar-refractivity contribution in [1.29, 1.82) is 0 Å². The molecule has 0 aliphatic carbocycles. The number of aryl methyl sites for hydroxylation is 1. The first-order valence-electron chi connectivity index (χ1n) is 7.38. The molecule has 1 atom stereocenters. The molecule has 0 saturated carbocycles. The standard InChI is InChI=1S/C18H22N2/c1-13-6-8-15(9-7-13)14(2)20-12-17-5-3-4-16-10-11-19-18(16)17/h3-9,14,19-20H,10-12H2,1-2H3/t14-/m1/s1. The van der Waals surface area contributed by atoms with E-state index in [4.69, 9.17) is 0 Å². The number of nitrogens with one attached hydrogen (secondary N) is 2. The molecule has 2 nitrogen and oxygen atoms in total. The van der Waals surface area contributed by atoms with Crippen molar-refractivity contribution >= 4 is 5.69 Å². The Kier molecular flexibility index (Phi) is 3.75. The van der Waals surface area contributed by atoms with Crippen LogP contribution < -0.4 is 10.6 Å². The van der Waals surface area contributed by atoms with Crippen molar-refractivity contribution in [3.63, 3.8) is 0 Å². The van der Waals surface area contributed by atoms with Crippen LogP contribution in [0, 0.1) is 6.92 Å². The molecular weight excluding hydrogens is 244 g/mol. The van der Waals surface area contributed by atoms with Gasteiger partial charge >= 0.3 is 0 Å². The number of hydrogen-bond donors (Lipinski definition) is 2. The third kappa shape index (κ3) is 2.70. The molecule has 0 amide bonds. The Morgan fingerprint density at radius 2 is 1.95 bits per heavy atom. The van der Waals surface area contributed by atoms with Gasteiger partial charge in [0.25, 0.3) is 0 Å². The highest BCUT2D eigenvalue weighted by Gasteiger charge is 2.14. The molecule has 0 unspecified atom stereocenters. The van der Waals surface area contributed by atoms with E-state index in [0.29, 0.717) is 6.04 Å². The van der Waals surface area contributed by atoms with Gasteiger partial charge in [0.15, 0.2) is 0 Å². The van der Waals surface area contributed by atoms with E-state index in [0.717, 1.165) is 19.5 Å². The zero-order valence-corrected chi connectivity index (χ0v) is 12.2. The summed E-state index contributed by atoms with van der Waals surface area (Å²) >= 11 is 0. The van der Waals surface area contributed by atoms with Crippen LogP contribution in [-0.2, 0) is 13.0 Å². The van der Waals surface area contributed by atoms with Crippen LogP contribution in [0.2, 0.25) is 0 Å². The predicted octanol–water partition coefficient (Wildman–Crippen LogP) is 3.81. The van der Waals surface area contributed by atoms with E-state index in [1.165, 1.54) is 27.9 Å². The van der Waals surface area contributed by atoms with Crippen LogP contribution in [0.1, 0.15) is 35.2 Å². The van der Waals surface area contributed by atoms with E-state index in [1.54, 1.807) is 0 Å². The SMILES string of the molecule is Cc1ccc([C@@H](C)NCc2cccc3c2NCC3)cc1. The Balaban J connectivity index is 1.68. The Labute approximate surface area is 121 Å². The van der Waals surface area contributed by atoms with Gasteiger partial charge in [-0.3, -0.25) is 0 Å². The average Bonchev–Trinajstić information content (AvgIpc) is 2.94. The van der Waals surface area contributed by atoms with E-state index in [2.05, 4.69) is 66.9 Å². The Morgan fingerprint density at radius 3 is 2.75 bits per heavy atom. The monoisotopic (exact) mass is 266 g/mol. The third-order valence-electron chi connectivity index (χ3n) is 4.11. The maximum Gasteiger partial charge on any atom is 0.0419 e. The smallest absolute Gasteiger partial charge is 0.0419 e. The molecule has 3 rings (SSSR count). The van der Waals surface area contributed by atoms with E-state index in [1.807, 2.05) is 0 Å². The highest BCUT2D eigenvalue weighted by atomic mass is 14.9. The summed E-state index contributed by atoms with van der Waals surface area (Å²) in [5.41, 5.74) is 6.82. The number of hydrogen-bond acceptors (Lipinski definition) is 2. The zero-order chi connectivity index (χ0) is 13.9. The fourth-order valence-electron chi connectivity index (χ4n) is 2.79. The quantitative estimate of drug-likeness (QED) is 0.879. The molecule has 1 heterocycles. The van der Waals surface area contributed by atoms with E-state index < -0.39 is 0 Å². The molecular formula is C18H22N2. The molecule has 2 heteroatoms. The fraction of sp³-hybridized carbons (Fsp3) is 0.333. The summed E-state index contributed by atoms with van der Waals surface area (Å²) in [6.07, 6.45) is 1.15. The van der Waals surface area contributed by atoms with Crippen molar-refractivity contribution in [3.8, 4) is 0 Å². The topological polar surface area (TPSA) is 24.1 Å². The van der Waals surface area contributed by atoms with Gasteiger partial charge in [0.05, 0.1) is 0 Å². The summed E-state index contributed by atoms with van der Waals surface area (Å²) in [6.45, 7) is 6.33. The lowest BCUT2D eigenvalue weighted by atomic mass is 10.0. The minimum atomic E-state index is 0.368. The molecule has 2 aromatic rings. The van der Waals surface area contributed by atoms with Gasteiger partial charge in [-0.15, -0.1) is 0 Å². The summed E-state index contributed by atoms with van der Waals surface area (Å²) in [4.78, 5) is 0. The fourth-order valence-corrected chi connectivity index (χ4v) is 2.79. The van der Waals surface area contributed by atoms with Gasteiger partial charge in [-0.1, -0.05) is 48.0 Å². The summed E-state index contributed by atoms with van der Waals surface area (Å²) in [5, 5.41) is 7.12. The molecule has 0 bridgehead atoms. The molecule has 104 valence electrons. The van der Waals surface area contributed by atoms with Crippen LogP contribution in [0.25, 0.3) is 0 Å². The van der Waals surface area contributed by atoms with Gasteiger partial charge < -0.3 is 10.6 Å². The molecule has 0 aromatic heterocycles. The highest BCUT2D eigenvalue weighted by Crippen LogP contribution is 2.26. The van der Waals surface area contributed by atoms with Crippen molar-refractivity contribution < 1.29 is 0 Å². The summed E-state index contributed by atoms with van der Waals surface area (Å²) < 4.78 is 0. The number of fused-ring (bicyclic) bond motifs is 1. The zero-order valence-electron chi connectivity index (χ0n) is 12.2. The lowest BCUT2D eigenvalue weighted by Gasteiger charge is -2.16. The third-order valence-corrected chi connectivity index (χ3v) is 4.11. The summed E-state index contributed by atoms with van der Waals surface area (Å²) in [7, 11) is 0. The van der Waals surface area contributed by atoms with Gasteiger partial charge in [0.2, 0.25) is 0 Å². The van der Waals surface area contributed by atoms with Crippen molar-refractivity contribution in [2.45, 2.75) is 32.9 Å². The maximum atomic E-state index is 3.62. The van der Waals surface area contributed by atoms with Gasteiger partial charge in [-0.25, -0.2) is 0 Å². The van der Waals surface area contributed by atoms with Gasteiger partial charge in [-0.05, 0) is 37.0 Å². The lowest BCUT2D eigenvalue weighted by molar-refractivity contribution is 0.575. The minimum absolute atomic E-state index is 0.368. The largest absolute Gasteiger partial charge is 0.384 e. The lowest BCUT2D eigenvalue weighted by Crippen LogP contribution is -2.18. The van der Waals surface area contributed by atoms with Gasteiger partial charge in [-0.2, -0.15) is 0 Å². The molecule has 2 aromatic carbocycles.